The van der Waals surface area contributed by atoms with Crippen LogP contribution in [0.5, 0.6) is 0 Å². The molecule has 0 spiro atoms. The van der Waals surface area contributed by atoms with E-state index in [1.165, 1.54) is 0 Å². The van der Waals surface area contributed by atoms with Crippen molar-refractivity contribution in [1.82, 2.24) is 10.3 Å². The van der Waals surface area contributed by atoms with E-state index >= 15 is 0 Å². The van der Waals surface area contributed by atoms with Crippen molar-refractivity contribution in [1.29, 1.82) is 0 Å². The average molecular weight is 234 g/mol. The minimum atomic E-state index is -4.49. The Bertz CT molecular complexity index is 451. The van der Waals surface area contributed by atoms with Crippen molar-refractivity contribution in [2.75, 3.05) is 6.54 Å². The van der Waals surface area contributed by atoms with Crippen molar-refractivity contribution in [3.63, 3.8) is 0 Å². The van der Waals surface area contributed by atoms with Crippen molar-refractivity contribution < 1.29 is 18.0 Å². The Balaban J connectivity index is 2.78. The van der Waals surface area contributed by atoms with Gasteiger partial charge in [0.1, 0.15) is 12.1 Å². The number of aromatic amines is 1. The molecule has 88 valence electrons. The van der Waals surface area contributed by atoms with Crippen LogP contribution in [0.3, 0.4) is 0 Å². The van der Waals surface area contributed by atoms with Gasteiger partial charge >= 0.3 is 6.18 Å². The topological polar surface area (TPSA) is 62.0 Å². The summed E-state index contributed by atoms with van der Waals surface area (Å²) in [4.78, 5) is 25.0. The molecular weight excluding hydrogens is 225 g/mol. The van der Waals surface area contributed by atoms with Gasteiger partial charge < -0.3 is 10.3 Å². The van der Waals surface area contributed by atoms with Crippen LogP contribution in [-0.4, -0.2) is 23.6 Å². The van der Waals surface area contributed by atoms with E-state index in [1.54, 1.807) is 12.2 Å². The number of nitrogens with one attached hydrogen (secondary N) is 2. The zero-order valence-electron chi connectivity index (χ0n) is 8.31. The number of carbonyl (C=O) groups is 1. The largest absolute Gasteiger partial charge is 0.405 e. The molecule has 1 aromatic heterocycles. The van der Waals surface area contributed by atoms with Crippen LogP contribution in [0, 0.1) is 6.92 Å². The summed E-state index contributed by atoms with van der Waals surface area (Å²) in [5.41, 5.74) is -0.428. The fourth-order valence-electron chi connectivity index (χ4n) is 1.03. The molecule has 0 bridgehead atoms. The second-order valence-electron chi connectivity index (χ2n) is 3.19. The molecule has 16 heavy (non-hydrogen) atoms. The van der Waals surface area contributed by atoms with Crippen molar-refractivity contribution in [3.05, 3.63) is 33.7 Å². The fraction of sp³-hybridized carbons (Fsp3) is 0.333. The molecular formula is C9H9F3N2O2. The van der Waals surface area contributed by atoms with Gasteiger partial charge in [-0.1, -0.05) is 0 Å². The van der Waals surface area contributed by atoms with Crippen LogP contribution in [-0.2, 0) is 0 Å². The van der Waals surface area contributed by atoms with Crippen molar-refractivity contribution in [3.8, 4) is 0 Å². The molecule has 0 radical (unpaired) electrons. The lowest BCUT2D eigenvalue weighted by atomic mass is 10.2. The molecule has 0 aromatic carbocycles. The Hall–Kier alpha value is -1.79. The lowest BCUT2D eigenvalue weighted by Gasteiger charge is -2.07. The van der Waals surface area contributed by atoms with Crippen molar-refractivity contribution >= 4 is 5.91 Å². The third-order valence-electron chi connectivity index (χ3n) is 1.75. The predicted octanol–water partition coefficient (Wildman–Crippen LogP) is 0.975. The number of hydrogen-bond donors (Lipinski definition) is 2. The molecule has 0 atom stereocenters. The Morgan fingerprint density at radius 3 is 2.62 bits per heavy atom. The van der Waals surface area contributed by atoms with Crippen LogP contribution in [0.15, 0.2) is 17.1 Å². The van der Waals surface area contributed by atoms with E-state index in [0.29, 0.717) is 5.69 Å². The maximum Gasteiger partial charge on any atom is 0.405 e. The summed E-state index contributed by atoms with van der Waals surface area (Å²) in [6, 6.07) is 1.14. The zero-order valence-corrected chi connectivity index (χ0v) is 8.31. The molecule has 0 aliphatic heterocycles. The van der Waals surface area contributed by atoms with Gasteiger partial charge in [0.25, 0.3) is 5.91 Å². The highest BCUT2D eigenvalue weighted by atomic mass is 19.4. The third kappa shape index (κ3) is 3.41. The van der Waals surface area contributed by atoms with E-state index < -0.39 is 24.1 Å². The first kappa shape index (κ1) is 12.3. The number of amides is 1. The fourth-order valence-corrected chi connectivity index (χ4v) is 1.03. The molecule has 0 fully saturated rings. The highest BCUT2D eigenvalue weighted by molar-refractivity contribution is 5.93. The van der Waals surface area contributed by atoms with Gasteiger partial charge in [0.2, 0.25) is 0 Å². The summed E-state index contributed by atoms with van der Waals surface area (Å²) >= 11 is 0. The smallest absolute Gasteiger partial charge is 0.364 e. The molecule has 0 aliphatic rings. The number of halogens is 3. The summed E-state index contributed by atoms with van der Waals surface area (Å²) in [5, 5.41) is 1.62. The number of H-pyrrole nitrogens is 1. The van der Waals surface area contributed by atoms with Crippen LogP contribution in [0.2, 0.25) is 0 Å². The minimum Gasteiger partial charge on any atom is -0.364 e. The molecule has 7 heteroatoms. The standard InChI is InChI=1S/C9H9F3N2O2/c1-5-2-7(15)6(3-13-5)8(16)14-4-9(10,11)12/h2-3H,4H2,1H3,(H,13,15)(H,14,16). The highest BCUT2D eigenvalue weighted by Crippen LogP contribution is 2.12. The van der Waals surface area contributed by atoms with Gasteiger partial charge in [-0.2, -0.15) is 13.2 Å². The lowest BCUT2D eigenvalue weighted by Crippen LogP contribution is -2.36. The van der Waals surface area contributed by atoms with E-state index in [9.17, 15) is 22.8 Å². The molecule has 2 N–H and O–H groups in total. The van der Waals surface area contributed by atoms with Crippen LogP contribution in [0.25, 0.3) is 0 Å². The van der Waals surface area contributed by atoms with Gasteiger partial charge in [-0.05, 0) is 6.92 Å². The first-order valence-electron chi connectivity index (χ1n) is 4.34. The third-order valence-corrected chi connectivity index (χ3v) is 1.75. The number of rotatable bonds is 2. The molecule has 4 nitrogen and oxygen atoms in total. The van der Waals surface area contributed by atoms with Crippen molar-refractivity contribution in [2.24, 2.45) is 0 Å². The molecule has 0 saturated heterocycles. The SMILES string of the molecule is Cc1cc(=O)c(C(=O)NCC(F)(F)F)c[nH]1. The number of aromatic nitrogens is 1. The summed E-state index contributed by atoms with van der Waals surface area (Å²) in [6.45, 7) is 0.137. The van der Waals surface area contributed by atoms with Crippen LogP contribution in [0.4, 0.5) is 13.2 Å². The number of alkyl halides is 3. The monoisotopic (exact) mass is 234 g/mol. The summed E-state index contributed by atoms with van der Waals surface area (Å²) in [6.07, 6.45) is -3.41. The molecule has 0 aliphatic carbocycles. The zero-order chi connectivity index (χ0) is 12.3. The summed E-state index contributed by atoms with van der Waals surface area (Å²) in [7, 11) is 0. The first-order valence-corrected chi connectivity index (χ1v) is 4.34. The van der Waals surface area contributed by atoms with Gasteiger partial charge in [0, 0.05) is 18.0 Å². The number of aryl methyl sites for hydroxylation is 1. The van der Waals surface area contributed by atoms with Gasteiger partial charge in [-0.3, -0.25) is 9.59 Å². The Kier molecular flexibility index (Phi) is 3.36. The maximum absolute atomic E-state index is 11.8. The van der Waals surface area contributed by atoms with Crippen LogP contribution in [0.1, 0.15) is 16.1 Å². The molecule has 1 heterocycles. The molecule has 1 amide bonds. The van der Waals surface area contributed by atoms with E-state index in [-0.39, 0.29) is 5.56 Å². The quantitative estimate of drug-likeness (QED) is 0.801. The predicted molar refractivity (Wildman–Crippen MR) is 50.2 cm³/mol. The highest BCUT2D eigenvalue weighted by Gasteiger charge is 2.28. The van der Waals surface area contributed by atoms with Crippen LogP contribution >= 0.6 is 0 Å². The van der Waals surface area contributed by atoms with Gasteiger partial charge in [-0.15, -0.1) is 0 Å². The number of hydrogen-bond acceptors (Lipinski definition) is 2. The Labute approximate surface area is 88.5 Å². The van der Waals surface area contributed by atoms with E-state index in [4.69, 9.17) is 0 Å². The minimum absolute atomic E-state index is 0.338. The molecule has 1 rings (SSSR count). The average Bonchev–Trinajstić information content (AvgIpc) is 2.13. The number of pyridine rings is 1. The van der Waals surface area contributed by atoms with Crippen molar-refractivity contribution in [2.45, 2.75) is 13.1 Å². The Morgan fingerprint density at radius 1 is 1.50 bits per heavy atom. The van der Waals surface area contributed by atoms with E-state index in [2.05, 4.69) is 4.98 Å². The summed E-state index contributed by atoms with van der Waals surface area (Å²) < 4.78 is 35.4. The normalized spacial score (nSPS) is 11.2. The maximum atomic E-state index is 11.8. The van der Waals surface area contributed by atoms with Gasteiger partial charge in [0.15, 0.2) is 5.43 Å². The molecule has 1 aromatic rings. The van der Waals surface area contributed by atoms with Gasteiger partial charge in [0.05, 0.1) is 0 Å². The van der Waals surface area contributed by atoms with E-state index in [0.717, 1.165) is 12.3 Å². The Morgan fingerprint density at radius 2 is 2.12 bits per heavy atom. The summed E-state index contributed by atoms with van der Waals surface area (Å²) in [5.74, 6) is -1.04. The first-order chi connectivity index (χ1) is 7.29. The second kappa shape index (κ2) is 4.38. The molecule has 0 saturated carbocycles. The molecule has 0 unspecified atom stereocenters. The second-order valence-corrected chi connectivity index (χ2v) is 3.19. The van der Waals surface area contributed by atoms with Crippen LogP contribution < -0.4 is 10.7 Å². The lowest BCUT2D eigenvalue weighted by molar-refractivity contribution is -0.123. The van der Waals surface area contributed by atoms with E-state index in [1.807, 2.05) is 0 Å². The van der Waals surface area contributed by atoms with Gasteiger partial charge in [-0.25, -0.2) is 0 Å². The number of carbonyl (C=O) groups excluding carboxylic acids is 1.